The first-order valence-corrected chi connectivity index (χ1v) is 5.13. The molecule has 0 aliphatic heterocycles. The fraction of sp³-hybridized carbons (Fsp3) is 0.545. The standard InChI is InChI=1S/C11H16N4O/c1-11(2,8-12)10(16)13-5-4-9-6-14-15(3)7-9/h6-7H,4-5H2,1-3H3,(H,13,16). The third-order valence-corrected chi connectivity index (χ3v) is 2.30. The molecule has 0 aliphatic carbocycles. The summed E-state index contributed by atoms with van der Waals surface area (Å²) < 4.78 is 1.72. The number of amides is 1. The molecule has 1 aromatic rings. The Morgan fingerprint density at radius 3 is 2.88 bits per heavy atom. The Morgan fingerprint density at radius 1 is 1.69 bits per heavy atom. The molecule has 0 spiro atoms. The van der Waals surface area contributed by atoms with Crippen LogP contribution in [-0.2, 0) is 18.3 Å². The molecule has 1 amide bonds. The molecule has 16 heavy (non-hydrogen) atoms. The Morgan fingerprint density at radius 2 is 2.38 bits per heavy atom. The highest BCUT2D eigenvalue weighted by Crippen LogP contribution is 2.12. The van der Waals surface area contributed by atoms with Gasteiger partial charge in [-0.15, -0.1) is 0 Å². The van der Waals surface area contributed by atoms with Crippen molar-refractivity contribution in [2.24, 2.45) is 12.5 Å². The van der Waals surface area contributed by atoms with E-state index in [0.29, 0.717) is 6.54 Å². The highest BCUT2D eigenvalue weighted by Gasteiger charge is 2.26. The van der Waals surface area contributed by atoms with Crippen LogP contribution in [0.25, 0.3) is 0 Å². The number of hydrogen-bond donors (Lipinski definition) is 1. The molecule has 0 radical (unpaired) electrons. The number of rotatable bonds is 4. The van der Waals surface area contributed by atoms with Crippen molar-refractivity contribution in [2.75, 3.05) is 6.54 Å². The SMILES string of the molecule is Cn1cc(CCNC(=O)C(C)(C)C#N)cn1. The van der Waals surface area contributed by atoms with Crippen LogP contribution in [0.4, 0.5) is 0 Å². The molecule has 1 rings (SSSR count). The molecular formula is C11H16N4O. The lowest BCUT2D eigenvalue weighted by Gasteiger charge is -2.14. The molecule has 0 unspecified atom stereocenters. The van der Waals surface area contributed by atoms with Crippen molar-refractivity contribution >= 4 is 5.91 Å². The second kappa shape index (κ2) is 4.79. The molecule has 0 fully saturated rings. The Balaban J connectivity index is 2.37. The van der Waals surface area contributed by atoms with Gasteiger partial charge in [0, 0.05) is 19.8 Å². The molecule has 0 aromatic carbocycles. The normalized spacial score (nSPS) is 10.9. The van der Waals surface area contributed by atoms with Gasteiger partial charge in [-0.1, -0.05) is 0 Å². The Labute approximate surface area is 95.1 Å². The Hall–Kier alpha value is -1.83. The highest BCUT2D eigenvalue weighted by molar-refractivity contribution is 5.84. The van der Waals surface area contributed by atoms with Crippen molar-refractivity contribution in [3.8, 4) is 6.07 Å². The zero-order valence-corrected chi connectivity index (χ0v) is 9.82. The Bertz CT molecular complexity index is 414. The third-order valence-electron chi connectivity index (χ3n) is 2.30. The summed E-state index contributed by atoms with van der Waals surface area (Å²) in [4.78, 5) is 11.5. The number of aryl methyl sites for hydroxylation is 1. The zero-order valence-electron chi connectivity index (χ0n) is 9.82. The highest BCUT2D eigenvalue weighted by atomic mass is 16.2. The number of nitrogens with zero attached hydrogens (tertiary/aromatic N) is 3. The summed E-state index contributed by atoms with van der Waals surface area (Å²) in [6, 6.07) is 1.97. The molecule has 0 saturated carbocycles. The molecule has 5 nitrogen and oxygen atoms in total. The van der Waals surface area contributed by atoms with Crippen LogP contribution in [0, 0.1) is 16.7 Å². The summed E-state index contributed by atoms with van der Waals surface area (Å²) in [6.07, 6.45) is 4.39. The second-order valence-electron chi connectivity index (χ2n) is 4.26. The van der Waals surface area contributed by atoms with Gasteiger partial charge in [-0.05, 0) is 25.8 Å². The monoisotopic (exact) mass is 220 g/mol. The van der Waals surface area contributed by atoms with Crippen molar-refractivity contribution in [3.05, 3.63) is 18.0 Å². The van der Waals surface area contributed by atoms with Crippen molar-refractivity contribution < 1.29 is 4.79 Å². The van der Waals surface area contributed by atoms with E-state index < -0.39 is 5.41 Å². The van der Waals surface area contributed by atoms with Gasteiger partial charge in [0.05, 0.1) is 12.3 Å². The minimum Gasteiger partial charge on any atom is -0.354 e. The number of hydrogen-bond acceptors (Lipinski definition) is 3. The quantitative estimate of drug-likeness (QED) is 0.809. The fourth-order valence-corrected chi connectivity index (χ4v) is 1.19. The molecular weight excluding hydrogens is 204 g/mol. The maximum Gasteiger partial charge on any atom is 0.239 e. The molecule has 1 N–H and O–H groups in total. The molecule has 86 valence electrons. The number of nitriles is 1. The lowest BCUT2D eigenvalue weighted by atomic mass is 9.95. The predicted octanol–water partition coefficient (Wildman–Crippen LogP) is 0.629. The maximum atomic E-state index is 11.5. The maximum absolute atomic E-state index is 11.5. The average molecular weight is 220 g/mol. The summed E-state index contributed by atoms with van der Waals surface area (Å²) in [5, 5.41) is 15.5. The van der Waals surface area contributed by atoms with E-state index in [2.05, 4.69) is 10.4 Å². The van der Waals surface area contributed by atoms with Crippen LogP contribution in [0.15, 0.2) is 12.4 Å². The van der Waals surface area contributed by atoms with Gasteiger partial charge in [-0.25, -0.2) is 0 Å². The summed E-state index contributed by atoms with van der Waals surface area (Å²) in [5.41, 5.74) is 0.104. The minimum atomic E-state index is -0.963. The zero-order chi connectivity index (χ0) is 12.2. The number of carbonyl (C=O) groups excluding carboxylic acids is 1. The Kier molecular flexibility index (Phi) is 3.67. The van der Waals surface area contributed by atoms with Crippen LogP contribution in [-0.4, -0.2) is 22.2 Å². The van der Waals surface area contributed by atoms with E-state index in [-0.39, 0.29) is 5.91 Å². The molecule has 1 heterocycles. The summed E-state index contributed by atoms with van der Waals surface area (Å²) >= 11 is 0. The van der Waals surface area contributed by atoms with E-state index in [1.54, 1.807) is 24.7 Å². The van der Waals surface area contributed by atoms with Crippen LogP contribution in [0.5, 0.6) is 0 Å². The van der Waals surface area contributed by atoms with Gasteiger partial charge in [-0.3, -0.25) is 9.48 Å². The van der Waals surface area contributed by atoms with Gasteiger partial charge in [0.2, 0.25) is 5.91 Å². The van der Waals surface area contributed by atoms with E-state index in [1.165, 1.54) is 0 Å². The largest absolute Gasteiger partial charge is 0.354 e. The van der Waals surface area contributed by atoms with E-state index >= 15 is 0 Å². The lowest BCUT2D eigenvalue weighted by Crippen LogP contribution is -2.36. The number of aromatic nitrogens is 2. The van der Waals surface area contributed by atoms with Crippen LogP contribution in [0.2, 0.25) is 0 Å². The van der Waals surface area contributed by atoms with Gasteiger partial charge in [0.25, 0.3) is 0 Å². The van der Waals surface area contributed by atoms with Crippen LogP contribution < -0.4 is 5.32 Å². The first kappa shape index (κ1) is 12.2. The molecule has 0 bridgehead atoms. The second-order valence-corrected chi connectivity index (χ2v) is 4.26. The smallest absolute Gasteiger partial charge is 0.239 e. The van der Waals surface area contributed by atoms with Crippen LogP contribution in [0.3, 0.4) is 0 Å². The first-order chi connectivity index (χ1) is 7.45. The topological polar surface area (TPSA) is 70.7 Å². The van der Waals surface area contributed by atoms with Gasteiger partial charge >= 0.3 is 0 Å². The molecule has 0 aliphatic rings. The lowest BCUT2D eigenvalue weighted by molar-refractivity contribution is -0.126. The van der Waals surface area contributed by atoms with Gasteiger partial charge in [0.1, 0.15) is 5.41 Å². The minimum absolute atomic E-state index is 0.237. The molecule has 5 heteroatoms. The third kappa shape index (κ3) is 3.09. The molecule has 1 aromatic heterocycles. The molecule has 0 saturated heterocycles. The van der Waals surface area contributed by atoms with Gasteiger partial charge < -0.3 is 5.32 Å². The van der Waals surface area contributed by atoms with Crippen molar-refractivity contribution in [1.82, 2.24) is 15.1 Å². The van der Waals surface area contributed by atoms with E-state index in [4.69, 9.17) is 5.26 Å². The average Bonchev–Trinajstić information content (AvgIpc) is 2.64. The molecule has 0 atom stereocenters. The van der Waals surface area contributed by atoms with E-state index in [9.17, 15) is 4.79 Å². The summed E-state index contributed by atoms with van der Waals surface area (Å²) in [5.74, 6) is -0.237. The fourth-order valence-electron chi connectivity index (χ4n) is 1.19. The summed E-state index contributed by atoms with van der Waals surface area (Å²) in [7, 11) is 1.85. The van der Waals surface area contributed by atoms with E-state index in [0.717, 1.165) is 12.0 Å². The summed E-state index contributed by atoms with van der Waals surface area (Å²) in [6.45, 7) is 3.73. The number of carbonyl (C=O) groups is 1. The van der Waals surface area contributed by atoms with Crippen molar-refractivity contribution in [3.63, 3.8) is 0 Å². The first-order valence-electron chi connectivity index (χ1n) is 5.13. The van der Waals surface area contributed by atoms with Crippen molar-refractivity contribution in [2.45, 2.75) is 20.3 Å². The van der Waals surface area contributed by atoms with Crippen LogP contribution in [0.1, 0.15) is 19.4 Å². The van der Waals surface area contributed by atoms with E-state index in [1.807, 2.05) is 19.3 Å². The van der Waals surface area contributed by atoms with Crippen molar-refractivity contribution in [1.29, 1.82) is 5.26 Å². The van der Waals surface area contributed by atoms with Gasteiger partial charge in [-0.2, -0.15) is 10.4 Å². The van der Waals surface area contributed by atoms with Gasteiger partial charge in [0.15, 0.2) is 0 Å². The number of nitrogens with one attached hydrogen (secondary N) is 1. The predicted molar refractivity (Wildman–Crippen MR) is 59.3 cm³/mol. The van der Waals surface area contributed by atoms with Crippen LogP contribution >= 0.6 is 0 Å².